The van der Waals surface area contributed by atoms with Crippen molar-refractivity contribution in [3.05, 3.63) is 78.4 Å². The fraction of sp³-hybridized carbons (Fsp3) is 0.370. The molecule has 1 amide bonds. The largest absolute Gasteiger partial charge is 0.508 e. The van der Waals surface area contributed by atoms with E-state index in [0.29, 0.717) is 25.8 Å². The lowest BCUT2D eigenvalue weighted by Crippen LogP contribution is -2.67. The number of β-amino-alcohol motifs (C(OH)–C–C–N with tert-alkyl or cyclic N) is 1. The molecule has 4 N–H and O–H groups in total. The second kappa shape index (κ2) is 9.41. The monoisotopic (exact) mass is 448 g/mol. The third-order valence-electron chi connectivity index (χ3n) is 7.16. The lowest BCUT2D eigenvalue weighted by Gasteiger charge is -2.58. The Labute approximate surface area is 194 Å². The van der Waals surface area contributed by atoms with E-state index in [1.54, 1.807) is 36.4 Å². The van der Waals surface area contributed by atoms with E-state index in [1.807, 2.05) is 24.3 Å². The predicted octanol–water partition coefficient (Wildman–Crippen LogP) is 3.34. The molecule has 1 aliphatic carbocycles. The molecule has 1 saturated carbocycles. The van der Waals surface area contributed by atoms with Gasteiger partial charge < -0.3 is 20.6 Å². The van der Waals surface area contributed by atoms with Crippen LogP contribution in [0.25, 0.3) is 6.08 Å². The number of carbonyl (C=O) groups is 1. The number of rotatable bonds is 6. The molecule has 0 spiro atoms. The summed E-state index contributed by atoms with van der Waals surface area (Å²) in [5.74, 6) is 0.127. The average Bonchev–Trinajstić information content (AvgIpc) is 2.78. The zero-order valence-corrected chi connectivity index (χ0v) is 18.8. The molecule has 6 heteroatoms. The van der Waals surface area contributed by atoms with Gasteiger partial charge in [-0.15, -0.1) is 6.58 Å². The molecular formula is C27H32N2O4. The number of hydrogen-bond acceptors (Lipinski definition) is 5. The Balaban J connectivity index is 1.55. The fourth-order valence-corrected chi connectivity index (χ4v) is 5.57. The molecule has 2 aromatic carbocycles. The zero-order chi connectivity index (χ0) is 23.5. The van der Waals surface area contributed by atoms with Gasteiger partial charge in [0.25, 0.3) is 0 Å². The smallest absolute Gasteiger partial charge is 0.244 e. The van der Waals surface area contributed by atoms with Gasteiger partial charge in [-0.05, 0) is 73.7 Å². The van der Waals surface area contributed by atoms with Crippen molar-refractivity contribution in [2.75, 3.05) is 19.6 Å². The van der Waals surface area contributed by atoms with Crippen molar-refractivity contribution in [3.63, 3.8) is 0 Å². The van der Waals surface area contributed by atoms with Gasteiger partial charge in [0.15, 0.2) is 0 Å². The van der Waals surface area contributed by atoms with E-state index in [0.717, 1.165) is 30.6 Å². The van der Waals surface area contributed by atoms with Crippen molar-refractivity contribution >= 4 is 12.0 Å². The molecule has 1 aliphatic heterocycles. The van der Waals surface area contributed by atoms with Crippen LogP contribution in [0.4, 0.5) is 0 Å². The molecule has 0 bridgehead atoms. The number of nitrogens with one attached hydrogen (secondary N) is 1. The van der Waals surface area contributed by atoms with E-state index in [1.165, 1.54) is 6.08 Å². The quantitative estimate of drug-likeness (QED) is 0.402. The summed E-state index contributed by atoms with van der Waals surface area (Å²) in [6.45, 7) is 5.90. The summed E-state index contributed by atoms with van der Waals surface area (Å²) in [7, 11) is 0. The number of phenols is 2. The number of aliphatic hydroxyl groups is 1. The number of phenolic OH excluding ortho intramolecular Hbond substituents is 2. The van der Waals surface area contributed by atoms with Crippen molar-refractivity contribution in [1.29, 1.82) is 0 Å². The highest BCUT2D eigenvalue weighted by Gasteiger charge is 2.57. The summed E-state index contributed by atoms with van der Waals surface area (Å²) in [6.07, 6.45) is 7.56. The highest BCUT2D eigenvalue weighted by atomic mass is 16.3. The first-order chi connectivity index (χ1) is 15.8. The van der Waals surface area contributed by atoms with E-state index in [2.05, 4.69) is 16.8 Å². The molecule has 174 valence electrons. The van der Waals surface area contributed by atoms with Crippen LogP contribution in [0, 0.1) is 0 Å². The maximum Gasteiger partial charge on any atom is 0.244 e. The van der Waals surface area contributed by atoms with E-state index < -0.39 is 11.0 Å². The lowest BCUT2D eigenvalue weighted by atomic mass is 9.55. The summed E-state index contributed by atoms with van der Waals surface area (Å²) in [6, 6.07) is 13.8. The van der Waals surface area contributed by atoms with Crippen LogP contribution in [-0.4, -0.2) is 57.4 Å². The van der Waals surface area contributed by atoms with E-state index in [-0.39, 0.29) is 23.4 Å². The van der Waals surface area contributed by atoms with Crippen LogP contribution >= 0.6 is 0 Å². The van der Waals surface area contributed by atoms with Crippen LogP contribution in [0.1, 0.15) is 36.8 Å². The number of likely N-dealkylation sites (tertiary alicyclic amines) is 1. The maximum absolute atomic E-state index is 12.7. The van der Waals surface area contributed by atoms with Crippen molar-refractivity contribution in [2.24, 2.45) is 0 Å². The molecule has 0 radical (unpaired) electrons. The molecule has 3 atom stereocenters. The van der Waals surface area contributed by atoms with Gasteiger partial charge in [-0.25, -0.2) is 0 Å². The van der Waals surface area contributed by atoms with Gasteiger partial charge in [0.1, 0.15) is 11.5 Å². The lowest BCUT2D eigenvalue weighted by molar-refractivity contribution is -0.130. The minimum atomic E-state index is -0.958. The molecule has 3 unspecified atom stereocenters. The molecule has 2 aliphatic rings. The summed E-state index contributed by atoms with van der Waals surface area (Å²) >= 11 is 0. The Bertz CT molecular complexity index is 1050. The Morgan fingerprint density at radius 3 is 2.64 bits per heavy atom. The van der Waals surface area contributed by atoms with Crippen molar-refractivity contribution in [2.45, 2.75) is 42.7 Å². The minimum absolute atomic E-state index is 0.0973. The number of hydrogen-bond donors (Lipinski definition) is 4. The topological polar surface area (TPSA) is 93.0 Å². The highest BCUT2D eigenvalue weighted by Crippen LogP contribution is 2.52. The fourth-order valence-electron chi connectivity index (χ4n) is 5.57. The van der Waals surface area contributed by atoms with Crippen LogP contribution < -0.4 is 5.32 Å². The van der Waals surface area contributed by atoms with Crippen LogP contribution in [0.3, 0.4) is 0 Å². The van der Waals surface area contributed by atoms with Crippen LogP contribution in [0.15, 0.2) is 67.3 Å². The van der Waals surface area contributed by atoms with Crippen LogP contribution in [-0.2, 0) is 10.2 Å². The standard InChI is InChI=1S/C27H32N2O4/c1-2-14-29-15-13-26(21-6-4-8-24(31)17-21)18-22(11-12-27(26,33)19-29)28-25(32)10-9-20-5-3-7-23(30)16-20/h2-10,16-17,22,30-31,33H,1,11-15,18-19H2,(H,28,32)/b10-9+. The molecule has 33 heavy (non-hydrogen) atoms. The molecule has 0 aromatic heterocycles. The molecule has 1 heterocycles. The first-order valence-corrected chi connectivity index (χ1v) is 11.5. The highest BCUT2D eigenvalue weighted by molar-refractivity contribution is 5.92. The minimum Gasteiger partial charge on any atom is -0.508 e. The Kier molecular flexibility index (Phi) is 6.58. The third kappa shape index (κ3) is 4.82. The van der Waals surface area contributed by atoms with Crippen molar-refractivity contribution in [1.82, 2.24) is 10.2 Å². The number of piperidine rings is 1. The Morgan fingerprint density at radius 1 is 1.15 bits per heavy atom. The van der Waals surface area contributed by atoms with Gasteiger partial charge in [-0.1, -0.05) is 30.3 Å². The third-order valence-corrected chi connectivity index (χ3v) is 7.16. The van der Waals surface area contributed by atoms with Gasteiger partial charge in [0.2, 0.25) is 5.91 Å². The molecular weight excluding hydrogens is 416 g/mol. The Hall–Kier alpha value is -3.09. The van der Waals surface area contributed by atoms with Gasteiger partial charge in [-0.3, -0.25) is 9.69 Å². The predicted molar refractivity (Wildman–Crippen MR) is 129 cm³/mol. The summed E-state index contributed by atoms with van der Waals surface area (Å²) in [5, 5.41) is 34.8. The van der Waals surface area contributed by atoms with Crippen molar-refractivity contribution in [3.8, 4) is 11.5 Å². The molecule has 4 rings (SSSR count). The number of amides is 1. The Morgan fingerprint density at radius 2 is 1.91 bits per heavy atom. The first-order valence-electron chi connectivity index (χ1n) is 11.5. The number of aromatic hydroxyl groups is 2. The SMILES string of the molecule is C=CCN1CCC2(c3cccc(O)c3)CC(NC(=O)/C=C/c3cccc(O)c3)CCC2(O)C1. The van der Waals surface area contributed by atoms with Gasteiger partial charge in [0, 0.05) is 30.6 Å². The van der Waals surface area contributed by atoms with Gasteiger partial charge in [0.05, 0.1) is 5.60 Å². The summed E-state index contributed by atoms with van der Waals surface area (Å²) in [5.41, 5.74) is 0.140. The average molecular weight is 449 g/mol. The van der Waals surface area contributed by atoms with Crippen LogP contribution in [0.5, 0.6) is 11.5 Å². The number of carbonyl (C=O) groups excluding carboxylic acids is 1. The second-order valence-corrected chi connectivity index (χ2v) is 9.31. The zero-order valence-electron chi connectivity index (χ0n) is 18.8. The normalized spacial score (nSPS) is 27.7. The number of nitrogens with zero attached hydrogens (tertiary/aromatic N) is 1. The molecule has 6 nitrogen and oxygen atoms in total. The van der Waals surface area contributed by atoms with Crippen LogP contribution in [0.2, 0.25) is 0 Å². The molecule has 2 fully saturated rings. The van der Waals surface area contributed by atoms with E-state index in [9.17, 15) is 20.1 Å². The van der Waals surface area contributed by atoms with Gasteiger partial charge >= 0.3 is 0 Å². The number of benzene rings is 2. The summed E-state index contributed by atoms with van der Waals surface area (Å²) < 4.78 is 0. The van der Waals surface area contributed by atoms with E-state index in [4.69, 9.17) is 0 Å². The summed E-state index contributed by atoms with van der Waals surface area (Å²) in [4.78, 5) is 14.9. The van der Waals surface area contributed by atoms with Gasteiger partial charge in [-0.2, -0.15) is 0 Å². The number of fused-ring (bicyclic) bond motifs is 1. The molecule has 1 saturated heterocycles. The molecule has 2 aromatic rings. The maximum atomic E-state index is 12.7. The van der Waals surface area contributed by atoms with Crippen molar-refractivity contribution < 1.29 is 20.1 Å². The second-order valence-electron chi connectivity index (χ2n) is 9.31. The first kappa shape index (κ1) is 23.1. The van der Waals surface area contributed by atoms with E-state index >= 15 is 0 Å².